The van der Waals surface area contributed by atoms with E-state index >= 15 is 0 Å². The van der Waals surface area contributed by atoms with Crippen molar-refractivity contribution in [3.8, 4) is 0 Å². The highest BCUT2D eigenvalue weighted by atomic mass is 32.2. The van der Waals surface area contributed by atoms with Gasteiger partial charge in [-0.15, -0.1) is 0 Å². The minimum absolute atomic E-state index is 0.0386. The van der Waals surface area contributed by atoms with Crippen molar-refractivity contribution in [2.24, 2.45) is 0 Å². The highest BCUT2D eigenvalue weighted by Crippen LogP contribution is 2.54. The second-order valence-electron chi connectivity index (χ2n) is 5.86. The quantitative estimate of drug-likeness (QED) is 0.321. The smallest absolute Gasteiger partial charge is 0.312 e. The van der Waals surface area contributed by atoms with Crippen LogP contribution in [0, 0.1) is 0 Å². The SMILES string of the molecule is COP(=O)(CCCP(=O)(OC)OC1COS(=O)(=O)C1)OC1COS(=O)(=O)C1. The van der Waals surface area contributed by atoms with Gasteiger partial charge < -0.3 is 18.1 Å². The molecule has 160 valence electrons. The van der Waals surface area contributed by atoms with Gasteiger partial charge in [-0.25, -0.2) is 0 Å². The van der Waals surface area contributed by atoms with E-state index in [1.807, 2.05) is 0 Å². The van der Waals surface area contributed by atoms with Crippen molar-refractivity contribution >= 4 is 35.4 Å². The van der Waals surface area contributed by atoms with Gasteiger partial charge in [-0.1, -0.05) is 0 Å². The third-order valence-electron chi connectivity index (χ3n) is 3.69. The molecule has 0 saturated carbocycles. The van der Waals surface area contributed by atoms with E-state index in [0.29, 0.717) is 0 Å². The molecule has 2 aliphatic heterocycles. The first-order valence-corrected chi connectivity index (χ1v) is 14.4. The van der Waals surface area contributed by atoms with Crippen molar-refractivity contribution in [3.63, 3.8) is 0 Å². The fourth-order valence-electron chi connectivity index (χ4n) is 2.41. The molecule has 2 aliphatic rings. The molecule has 0 N–H and O–H groups in total. The van der Waals surface area contributed by atoms with Crippen LogP contribution in [0.1, 0.15) is 6.42 Å². The maximum atomic E-state index is 12.6. The third kappa shape index (κ3) is 7.14. The Balaban J connectivity index is 1.87. The van der Waals surface area contributed by atoms with Crippen molar-refractivity contribution in [2.75, 3.05) is 51.3 Å². The van der Waals surface area contributed by atoms with Gasteiger partial charge in [0.1, 0.15) is 23.7 Å². The normalized spacial score (nSPS) is 31.3. The van der Waals surface area contributed by atoms with E-state index in [1.165, 1.54) is 0 Å². The number of hydrogen-bond acceptors (Lipinski definition) is 12. The van der Waals surface area contributed by atoms with Gasteiger partial charge in [0.05, 0.1) is 25.5 Å². The van der Waals surface area contributed by atoms with E-state index in [4.69, 9.17) is 18.1 Å². The van der Waals surface area contributed by atoms with Crippen LogP contribution in [-0.2, 0) is 55.8 Å². The van der Waals surface area contributed by atoms with Crippen LogP contribution in [0.15, 0.2) is 0 Å². The van der Waals surface area contributed by atoms with Gasteiger partial charge in [0, 0.05) is 14.2 Å². The van der Waals surface area contributed by atoms with E-state index in [1.54, 1.807) is 0 Å². The van der Waals surface area contributed by atoms with Crippen molar-refractivity contribution in [1.29, 1.82) is 0 Å². The van der Waals surface area contributed by atoms with E-state index in [-0.39, 0.29) is 32.0 Å². The average molecular weight is 472 g/mol. The molecular formula is C11H22O12P2S2. The number of hydrogen-bond donors (Lipinski definition) is 0. The fraction of sp³-hybridized carbons (Fsp3) is 1.00. The molecule has 0 spiro atoms. The predicted octanol–water partition coefficient (Wildman–Crippen LogP) is 0.546. The molecule has 4 unspecified atom stereocenters. The second kappa shape index (κ2) is 8.86. The van der Waals surface area contributed by atoms with Gasteiger partial charge >= 0.3 is 15.2 Å². The topological polar surface area (TPSA) is 158 Å². The first-order chi connectivity index (χ1) is 12.4. The number of rotatable bonds is 10. The van der Waals surface area contributed by atoms with Gasteiger partial charge in [-0.3, -0.25) is 17.5 Å². The zero-order valence-electron chi connectivity index (χ0n) is 14.7. The molecule has 4 atom stereocenters. The zero-order chi connectivity index (χ0) is 20.3. The van der Waals surface area contributed by atoms with Crippen LogP contribution in [0.4, 0.5) is 0 Å². The summed E-state index contributed by atoms with van der Waals surface area (Å²) in [6, 6.07) is 0. The summed E-state index contributed by atoms with van der Waals surface area (Å²) in [5.41, 5.74) is 0. The summed E-state index contributed by atoms with van der Waals surface area (Å²) in [7, 11) is -12.4. The summed E-state index contributed by atoms with van der Waals surface area (Å²) in [5, 5.41) is 0. The van der Waals surface area contributed by atoms with Crippen LogP contribution in [0.3, 0.4) is 0 Å². The van der Waals surface area contributed by atoms with Gasteiger partial charge in [-0.05, 0) is 6.42 Å². The molecule has 0 aromatic rings. The molecular weight excluding hydrogens is 450 g/mol. The lowest BCUT2D eigenvalue weighted by Crippen LogP contribution is -2.18. The molecule has 0 aliphatic carbocycles. The van der Waals surface area contributed by atoms with E-state index in [2.05, 4.69) is 8.37 Å². The zero-order valence-corrected chi connectivity index (χ0v) is 18.1. The second-order valence-corrected chi connectivity index (χ2v) is 13.7. The van der Waals surface area contributed by atoms with Crippen LogP contribution in [0.25, 0.3) is 0 Å². The Hall–Kier alpha value is 0.120. The Labute approximate surface area is 158 Å². The van der Waals surface area contributed by atoms with E-state index < -0.39 is 59.1 Å². The lowest BCUT2D eigenvalue weighted by atomic mass is 10.5. The van der Waals surface area contributed by atoms with Gasteiger partial charge in [-0.2, -0.15) is 16.8 Å². The van der Waals surface area contributed by atoms with Gasteiger partial charge in [0.25, 0.3) is 20.2 Å². The van der Waals surface area contributed by atoms with Crippen molar-refractivity contribution in [3.05, 3.63) is 0 Å². The van der Waals surface area contributed by atoms with E-state index in [9.17, 15) is 26.0 Å². The Morgan fingerprint density at radius 1 is 0.815 bits per heavy atom. The molecule has 0 aromatic carbocycles. The Morgan fingerprint density at radius 3 is 1.44 bits per heavy atom. The van der Waals surface area contributed by atoms with Crippen molar-refractivity contribution in [2.45, 2.75) is 18.6 Å². The predicted molar refractivity (Wildman–Crippen MR) is 92.8 cm³/mol. The maximum Gasteiger partial charge on any atom is 0.330 e. The molecule has 2 heterocycles. The van der Waals surface area contributed by atoms with Crippen LogP contribution in [0.5, 0.6) is 0 Å². The highest BCUT2D eigenvalue weighted by Gasteiger charge is 2.38. The minimum Gasteiger partial charge on any atom is -0.312 e. The third-order valence-corrected chi connectivity index (χ3v) is 10.3. The molecule has 0 amide bonds. The highest BCUT2D eigenvalue weighted by molar-refractivity contribution is 7.87. The van der Waals surface area contributed by atoms with Crippen molar-refractivity contribution < 1.29 is 52.4 Å². The molecule has 0 bridgehead atoms. The Bertz CT molecular complexity index is 754. The first-order valence-electron chi connectivity index (χ1n) is 7.80. The first kappa shape index (κ1) is 23.4. The summed E-state index contributed by atoms with van der Waals surface area (Å²) >= 11 is 0. The van der Waals surface area contributed by atoms with Crippen LogP contribution in [0.2, 0.25) is 0 Å². The molecule has 0 aromatic heterocycles. The van der Waals surface area contributed by atoms with Gasteiger partial charge in [0.2, 0.25) is 0 Å². The summed E-state index contributed by atoms with van der Waals surface area (Å²) in [6.07, 6.45) is -2.15. The standard InChI is InChI=1S/C11H22O12P2S2/c1-18-24(12,22-10-6-20-26(14,15)8-10)4-3-5-25(13,19-2)23-11-7-21-27(16,17)9-11/h10-11H,3-9H2,1-2H3. The van der Waals surface area contributed by atoms with E-state index in [0.717, 1.165) is 14.2 Å². The Morgan fingerprint density at radius 2 is 1.19 bits per heavy atom. The molecule has 2 fully saturated rings. The summed E-state index contributed by atoms with van der Waals surface area (Å²) in [4.78, 5) is 0. The summed E-state index contributed by atoms with van der Waals surface area (Å²) < 4.78 is 99.5. The summed E-state index contributed by atoms with van der Waals surface area (Å²) in [6.45, 7) is -0.517. The molecule has 2 saturated heterocycles. The average Bonchev–Trinajstić information content (AvgIpc) is 3.08. The van der Waals surface area contributed by atoms with Crippen LogP contribution in [-0.4, -0.2) is 80.3 Å². The van der Waals surface area contributed by atoms with Crippen molar-refractivity contribution in [1.82, 2.24) is 0 Å². The lowest BCUT2D eigenvalue weighted by Gasteiger charge is -2.21. The summed E-state index contributed by atoms with van der Waals surface area (Å²) in [5.74, 6) is -0.869. The fourth-order valence-corrected chi connectivity index (χ4v) is 8.03. The minimum atomic E-state index is -3.69. The monoisotopic (exact) mass is 472 g/mol. The van der Waals surface area contributed by atoms with Crippen LogP contribution < -0.4 is 0 Å². The Kier molecular flexibility index (Phi) is 7.68. The van der Waals surface area contributed by atoms with Crippen LogP contribution >= 0.6 is 15.2 Å². The molecule has 16 heteroatoms. The lowest BCUT2D eigenvalue weighted by molar-refractivity contribution is 0.146. The molecule has 0 radical (unpaired) electrons. The maximum absolute atomic E-state index is 12.6. The molecule has 2 rings (SSSR count). The molecule has 12 nitrogen and oxygen atoms in total. The largest absolute Gasteiger partial charge is 0.330 e. The molecule has 27 heavy (non-hydrogen) atoms. The van der Waals surface area contributed by atoms with Gasteiger partial charge in [0.15, 0.2) is 0 Å².